The molecule has 0 spiro atoms. The number of hydrogen-bond donors (Lipinski definition) is 1. The molecule has 1 atom stereocenters. The fraction of sp³-hybridized carbons (Fsp3) is 0.421. The van der Waals surface area contributed by atoms with Crippen LogP contribution in [0.25, 0.3) is 5.82 Å². The number of likely N-dealkylation sites (tertiary alicyclic amines) is 1. The van der Waals surface area contributed by atoms with Crippen LogP contribution < -0.4 is 5.32 Å². The zero-order valence-corrected chi connectivity index (χ0v) is 15.8. The minimum Gasteiger partial charge on any atom is -0.340 e. The Morgan fingerprint density at radius 1 is 1.39 bits per heavy atom. The lowest BCUT2D eigenvalue weighted by atomic mass is 9.95. The van der Waals surface area contributed by atoms with E-state index in [1.54, 1.807) is 25.6 Å². The summed E-state index contributed by atoms with van der Waals surface area (Å²) < 4.78 is 6.87. The van der Waals surface area contributed by atoms with Gasteiger partial charge in [0, 0.05) is 51.6 Å². The molecule has 0 aliphatic carbocycles. The average Bonchev–Trinajstić information content (AvgIpc) is 3.39. The number of aromatic nitrogens is 5. The van der Waals surface area contributed by atoms with Gasteiger partial charge < -0.3 is 14.7 Å². The molecule has 3 aromatic rings. The SMILES string of the molecule is Cc1nc(CC2CCCN(C(=O)NCc3ccc(-n4ccnc4)nc3)C2)no1. The van der Waals surface area contributed by atoms with Gasteiger partial charge in [-0.15, -0.1) is 0 Å². The summed E-state index contributed by atoms with van der Waals surface area (Å²) in [6, 6.07) is 3.82. The maximum Gasteiger partial charge on any atom is 0.317 e. The number of amides is 2. The van der Waals surface area contributed by atoms with Crippen LogP contribution in [-0.2, 0) is 13.0 Å². The highest BCUT2D eigenvalue weighted by Gasteiger charge is 2.25. The van der Waals surface area contributed by atoms with Gasteiger partial charge in [0.1, 0.15) is 12.1 Å². The van der Waals surface area contributed by atoms with Crippen molar-refractivity contribution in [3.8, 4) is 5.82 Å². The smallest absolute Gasteiger partial charge is 0.317 e. The second-order valence-electron chi connectivity index (χ2n) is 7.04. The summed E-state index contributed by atoms with van der Waals surface area (Å²) in [7, 11) is 0. The van der Waals surface area contributed by atoms with Crippen LogP contribution in [-0.4, -0.2) is 48.7 Å². The summed E-state index contributed by atoms with van der Waals surface area (Å²) in [5, 5.41) is 6.95. The minimum absolute atomic E-state index is 0.0484. The number of aryl methyl sites for hydroxylation is 1. The Morgan fingerprint density at radius 2 is 2.32 bits per heavy atom. The summed E-state index contributed by atoms with van der Waals surface area (Å²) in [4.78, 5) is 27.1. The Hall–Kier alpha value is -3.23. The molecular weight excluding hydrogens is 358 g/mol. The highest BCUT2D eigenvalue weighted by Crippen LogP contribution is 2.20. The molecule has 3 aromatic heterocycles. The molecule has 4 heterocycles. The third-order valence-electron chi connectivity index (χ3n) is 4.87. The first-order valence-corrected chi connectivity index (χ1v) is 9.42. The van der Waals surface area contributed by atoms with E-state index in [0.29, 0.717) is 30.7 Å². The molecule has 146 valence electrons. The average molecular weight is 381 g/mol. The summed E-state index contributed by atoms with van der Waals surface area (Å²) in [5.41, 5.74) is 0.952. The maximum atomic E-state index is 12.6. The normalized spacial score (nSPS) is 16.9. The second-order valence-corrected chi connectivity index (χ2v) is 7.04. The lowest BCUT2D eigenvalue weighted by molar-refractivity contribution is 0.164. The molecule has 1 aliphatic rings. The lowest BCUT2D eigenvalue weighted by Gasteiger charge is -2.32. The van der Waals surface area contributed by atoms with Crippen LogP contribution in [0.4, 0.5) is 4.79 Å². The fourth-order valence-corrected chi connectivity index (χ4v) is 3.46. The molecule has 0 saturated carbocycles. The van der Waals surface area contributed by atoms with Crippen molar-refractivity contribution in [2.75, 3.05) is 13.1 Å². The molecular formula is C19H23N7O2. The summed E-state index contributed by atoms with van der Waals surface area (Å²) in [6.45, 7) is 3.71. The topological polar surface area (TPSA) is 102 Å². The Kier molecular flexibility index (Phi) is 5.31. The van der Waals surface area contributed by atoms with Crippen LogP contribution in [0, 0.1) is 12.8 Å². The van der Waals surface area contributed by atoms with Crippen molar-refractivity contribution in [2.45, 2.75) is 32.7 Å². The van der Waals surface area contributed by atoms with Gasteiger partial charge in [0.2, 0.25) is 5.89 Å². The molecule has 1 saturated heterocycles. The molecule has 9 heteroatoms. The Labute approximate surface area is 162 Å². The molecule has 9 nitrogen and oxygen atoms in total. The molecule has 1 fully saturated rings. The highest BCUT2D eigenvalue weighted by atomic mass is 16.5. The molecule has 4 rings (SSSR count). The van der Waals surface area contributed by atoms with E-state index >= 15 is 0 Å². The van der Waals surface area contributed by atoms with Gasteiger partial charge in [0.25, 0.3) is 0 Å². The third kappa shape index (κ3) is 4.36. The molecule has 0 aromatic carbocycles. The standard InChI is InChI=1S/C19H23N7O2/c1-14-23-17(24-28-14)9-15-3-2-7-25(12-15)19(27)22-11-16-4-5-18(21-10-16)26-8-6-20-13-26/h4-6,8,10,13,15H,2-3,7,9,11-12H2,1H3,(H,22,27). The predicted molar refractivity (Wildman–Crippen MR) is 101 cm³/mol. The number of piperidine rings is 1. The number of nitrogens with zero attached hydrogens (tertiary/aromatic N) is 6. The molecule has 28 heavy (non-hydrogen) atoms. The first kappa shape index (κ1) is 18.1. The van der Waals surface area contributed by atoms with E-state index in [0.717, 1.165) is 37.2 Å². The van der Waals surface area contributed by atoms with Crippen molar-refractivity contribution in [3.05, 3.63) is 54.3 Å². The van der Waals surface area contributed by atoms with E-state index in [1.807, 2.05) is 27.8 Å². The van der Waals surface area contributed by atoms with Crippen molar-refractivity contribution >= 4 is 6.03 Å². The quantitative estimate of drug-likeness (QED) is 0.726. The van der Waals surface area contributed by atoms with Crippen LogP contribution in [0.15, 0.2) is 41.6 Å². The van der Waals surface area contributed by atoms with E-state index in [-0.39, 0.29) is 6.03 Å². The van der Waals surface area contributed by atoms with Gasteiger partial charge in [-0.1, -0.05) is 11.2 Å². The van der Waals surface area contributed by atoms with Gasteiger partial charge in [-0.2, -0.15) is 4.98 Å². The van der Waals surface area contributed by atoms with Crippen molar-refractivity contribution in [1.82, 2.24) is 34.9 Å². The molecule has 0 bridgehead atoms. The van der Waals surface area contributed by atoms with E-state index in [9.17, 15) is 4.79 Å². The number of imidazole rings is 1. The lowest BCUT2D eigenvalue weighted by Crippen LogP contribution is -2.45. The van der Waals surface area contributed by atoms with Crippen LogP contribution in [0.2, 0.25) is 0 Å². The van der Waals surface area contributed by atoms with Gasteiger partial charge in [-0.25, -0.2) is 14.8 Å². The zero-order valence-electron chi connectivity index (χ0n) is 15.8. The van der Waals surface area contributed by atoms with Gasteiger partial charge in [-0.05, 0) is 30.4 Å². The van der Waals surface area contributed by atoms with E-state index in [2.05, 4.69) is 25.4 Å². The van der Waals surface area contributed by atoms with Crippen molar-refractivity contribution in [2.24, 2.45) is 5.92 Å². The fourth-order valence-electron chi connectivity index (χ4n) is 3.46. The van der Waals surface area contributed by atoms with Gasteiger partial charge in [-0.3, -0.25) is 4.57 Å². The van der Waals surface area contributed by atoms with E-state index in [1.165, 1.54) is 0 Å². The number of pyridine rings is 1. The molecule has 1 unspecified atom stereocenters. The molecule has 0 radical (unpaired) electrons. The molecule has 2 amide bonds. The highest BCUT2D eigenvalue weighted by molar-refractivity contribution is 5.74. The first-order valence-electron chi connectivity index (χ1n) is 9.42. The Balaban J connectivity index is 1.28. The summed E-state index contributed by atoms with van der Waals surface area (Å²) in [6.07, 6.45) is 9.81. The van der Waals surface area contributed by atoms with Gasteiger partial charge in [0.15, 0.2) is 5.82 Å². The zero-order chi connectivity index (χ0) is 19.3. The predicted octanol–water partition coefficient (Wildman–Crippen LogP) is 2.12. The number of nitrogens with one attached hydrogen (secondary N) is 1. The number of urea groups is 1. The van der Waals surface area contributed by atoms with Gasteiger partial charge in [0.05, 0.1) is 0 Å². The number of rotatable bonds is 5. The number of hydrogen-bond acceptors (Lipinski definition) is 6. The van der Waals surface area contributed by atoms with Crippen LogP contribution in [0.5, 0.6) is 0 Å². The number of carbonyl (C=O) groups is 1. The van der Waals surface area contributed by atoms with E-state index < -0.39 is 0 Å². The Morgan fingerprint density at radius 3 is 3.04 bits per heavy atom. The maximum absolute atomic E-state index is 12.6. The second kappa shape index (κ2) is 8.20. The van der Waals surface area contributed by atoms with Gasteiger partial charge >= 0.3 is 6.03 Å². The van der Waals surface area contributed by atoms with E-state index in [4.69, 9.17) is 4.52 Å². The molecule has 1 N–H and O–H groups in total. The van der Waals surface area contributed by atoms with Crippen LogP contribution in [0.1, 0.15) is 30.1 Å². The van der Waals surface area contributed by atoms with Crippen molar-refractivity contribution < 1.29 is 9.32 Å². The van der Waals surface area contributed by atoms with Crippen molar-refractivity contribution in [3.63, 3.8) is 0 Å². The summed E-state index contributed by atoms with van der Waals surface area (Å²) in [5.74, 6) is 2.44. The monoisotopic (exact) mass is 381 g/mol. The Bertz CT molecular complexity index is 905. The summed E-state index contributed by atoms with van der Waals surface area (Å²) >= 11 is 0. The number of carbonyl (C=O) groups excluding carboxylic acids is 1. The largest absolute Gasteiger partial charge is 0.340 e. The third-order valence-corrected chi connectivity index (χ3v) is 4.87. The van der Waals surface area contributed by atoms with Crippen LogP contribution in [0.3, 0.4) is 0 Å². The molecule has 1 aliphatic heterocycles. The van der Waals surface area contributed by atoms with Crippen molar-refractivity contribution in [1.29, 1.82) is 0 Å². The first-order chi connectivity index (χ1) is 13.7. The van der Waals surface area contributed by atoms with Crippen LogP contribution >= 0.6 is 0 Å². The minimum atomic E-state index is -0.0484.